The predicted octanol–water partition coefficient (Wildman–Crippen LogP) is 0.0692. The number of hydrogen-bond acceptors (Lipinski definition) is 5. The number of aliphatic carboxylic acids is 2. The van der Waals surface area contributed by atoms with Crippen LogP contribution in [0.2, 0.25) is 0 Å². The van der Waals surface area contributed by atoms with Gasteiger partial charge in [-0.15, -0.1) is 0 Å². The molecule has 1 amide bonds. The average molecular weight is 295 g/mol. The van der Waals surface area contributed by atoms with Crippen LogP contribution in [0, 0.1) is 0 Å². The number of hydrogen-bond donors (Lipinski definition) is 2. The monoisotopic (exact) mass is 295 g/mol. The lowest BCUT2D eigenvalue weighted by molar-refractivity contribution is -0.140. The van der Waals surface area contributed by atoms with Crippen molar-refractivity contribution < 1.29 is 34.1 Å². The van der Waals surface area contributed by atoms with E-state index in [1.165, 1.54) is 6.07 Å². The number of fused-ring (bicyclic) bond motifs is 1. The minimum Gasteiger partial charge on any atom is -0.486 e. The second-order valence-electron chi connectivity index (χ2n) is 4.28. The Balaban J connectivity index is 2.32. The highest BCUT2D eigenvalue weighted by atomic mass is 16.6. The third-order valence-electron chi connectivity index (χ3n) is 2.74. The molecule has 112 valence electrons. The molecule has 1 heterocycles. The molecule has 1 aliphatic rings. The van der Waals surface area contributed by atoms with E-state index >= 15 is 0 Å². The Kier molecular flexibility index (Phi) is 4.27. The standard InChI is InChI=1S/C13H13NO7/c15-10(16)6-14(7-11(17)18)13(19)8-2-1-3-9-12(8)21-5-4-20-9/h1-3H,4-7H2,(H,15,16)(H,17,18). The van der Waals surface area contributed by atoms with Crippen molar-refractivity contribution in [2.45, 2.75) is 0 Å². The van der Waals surface area contributed by atoms with E-state index in [9.17, 15) is 14.4 Å². The Labute approximate surface area is 119 Å². The van der Waals surface area contributed by atoms with Gasteiger partial charge < -0.3 is 24.6 Å². The number of rotatable bonds is 5. The van der Waals surface area contributed by atoms with E-state index in [0.717, 1.165) is 4.90 Å². The first-order chi connectivity index (χ1) is 9.99. The fraction of sp³-hybridized carbons (Fsp3) is 0.308. The highest BCUT2D eigenvalue weighted by Gasteiger charge is 2.26. The SMILES string of the molecule is O=C(O)CN(CC(=O)O)C(=O)c1cccc2c1OCCO2. The van der Waals surface area contributed by atoms with Crippen LogP contribution in [-0.4, -0.2) is 59.3 Å². The van der Waals surface area contributed by atoms with Gasteiger partial charge in [0.25, 0.3) is 5.91 Å². The predicted molar refractivity (Wildman–Crippen MR) is 68.6 cm³/mol. The quantitative estimate of drug-likeness (QED) is 0.790. The molecule has 0 aliphatic carbocycles. The Bertz CT molecular complexity index is 568. The van der Waals surface area contributed by atoms with Gasteiger partial charge in [-0.1, -0.05) is 6.07 Å². The zero-order valence-electron chi connectivity index (χ0n) is 10.9. The van der Waals surface area contributed by atoms with Crippen LogP contribution in [0.3, 0.4) is 0 Å². The number of nitrogens with zero attached hydrogens (tertiary/aromatic N) is 1. The Morgan fingerprint density at radius 1 is 1.05 bits per heavy atom. The van der Waals surface area contributed by atoms with E-state index in [0.29, 0.717) is 12.4 Å². The molecule has 8 nitrogen and oxygen atoms in total. The maximum atomic E-state index is 12.4. The summed E-state index contributed by atoms with van der Waals surface area (Å²) < 4.78 is 10.7. The molecule has 2 rings (SSSR count). The Hall–Kier alpha value is -2.77. The molecule has 1 aliphatic heterocycles. The highest BCUT2D eigenvalue weighted by molar-refractivity contribution is 6.00. The normalized spacial score (nSPS) is 12.6. The van der Waals surface area contributed by atoms with Crippen LogP contribution in [0.5, 0.6) is 11.5 Å². The minimum atomic E-state index is -1.30. The molecule has 0 saturated heterocycles. The van der Waals surface area contributed by atoms with Gasteiger partial charge >= 0.3 is 11.9 Å². The van der Waals surface area contributed by atoms with Crippen LogP contribution in [0.25, 0.3) is 0 Å². The average Bonchev–Trinajstić information content (AvgIpc) is 2.44. The van der Waals surface area contributed by atoms with Crippen molar-refractivity contribution in [3.8, 4) is 11.5 Å². The lowest BCUT2D eigenvalue weighted by Gasteiger charge is -2.23. The molecule has 0 aromatic heterocycles. The lowest BCUT2D eigenvalue weighted by Crippen LogP contribution is -2.39. The molecule has 0 fully saturated rings. The second kappa shape index (κ2) is 6.12. The van der Waals surface area contributed by atoms with Gasteiger partial charge in [0.15, 0.2) is 11.5 Å². The van der Waals surface area contributed by atoms with Crippen molar-refractivity contribution in [1.82, 2.24) is 4.90 Å². The zero-order chi connectivity index (χ0) is 15.4. The van der Waals surface area contributed by atoms with Crippen molar-refractivity contribution >= 4 is 17.8 Å². The molecular weight excluding hydrogens is 282 g/mol. The van der Waals surface area contributed by atoms with Gasteiger partial charge in [-0.05, 0) is 12.1 Å². The van der Waals surface area contributed by atoms with Crippen molar-refractivity contribution in [3.63, 3.8) is 0 Å². The number of carboxylic acid groups (broad SMARTS) is 2. The zero-order valence-corrected chi connectivity index (χ0v) is 10.9. The summed E-state index contributed by atoms with van der Waals surface area (Å²) in [5, 5.41) is 17.6. The van der Waals surface area contributed by atoms with Gasteiger partial charge in [-0.3, -0.25) is 14.4 Å². The second-order valence-corrected chi connectivity index (χ2v) is 4.28. The summed E-state index contributed by atoms with van der Waals surface area (Å²) >= 11 is 0. The van der Waals surface area contributed by atoms with Crippen molar-refractivity contribution in [3.05, 3.63) is 23.8 Å². The third-order valence-corrected chi connectivity index (χ3v) is 2.74. The van der Waals surface area contributed by atoms with Gasteiger partial charge in [-0.25, -0.2) is 0 Å². The lowest BCUT2D eigenvalue weighted by atomic mass is 10.1. The number of para-hydroxylation sites is 1. The molecule has 0 saturated carbocycles. The van der Waals surface area contributed by atoms with E-state index in [1.807, 2.05) is 0 Å². The maximum Gasteiger partial charge on any atom is 0.323 e. The summed E-state index contributed by atoms with van der Waals surface area (Å²) in [4.78, 5) is 34.6. The summed E-state index contributed by atoms with van der Waals surface area (Å²) in [6.45, 7) is -0.820. The number of carboxylic acids is 2. The molecule has 0 spiro atoms. The van der Waals surface area contributed by atoms with Gasteiger partial charge in [-0.2, -0.15) is 0 Å². The smallest absolute Gasteiger partial charge is 0.323 e. The highest BCUT2D eigenvalue weighted by Crippen LogP contribution is 2.34. The first kappa shape index (κ1) is 14.6. The summed E-state index contributed by atoms with van der Waals surface area (Å²) in [7, 11) is 0. The van der Waals surface area contributed by atoms with E-state index in [2.05, 4.69) is 0 Å². The van der Waals surface area contributed by atoms with Gasteiger partial charge in [0, 0.05) is 0 Å². The molecule has 1 aromatic carbocycles. The summed E-state index contributed by atoms with van der Waals surface area (Å²) in [6, 6.07) is 4.61. The molecule has 0 unspecified atom stereocenters. The molecule has 8 heteroatoms. The molecule has 1 aromatic rings. The fourth-order valence-corrected chi connectivity index (χ4v) is 1.94. The number of ether oxygens (including phenoxy) is 2. The van der Waals surface area contributed by atoms with E-state index in [1.54, 1.807) is 12.1 Å². The van der Waals surface area contributed by atoms with Gasteiger partial charge in [0.1, 0.15) is 26.3 Å². The van der Waals surface area contributed by atoms with Crippen LogP contribution < -0.4 is 9.47 Å². The molecule has 2 N–H and O–H groups in total. The molecular formula is C13H13NO7. The fourth-order valence-electron chi connectivity index (χ4n) is 1.94. The van der Waals surface area contributed by atoms with Gasteiger partial charge in [0.05, 0.1) is 5.56 Å². The topological polar surface area (TPSA) is 113 Å². The minimum absolute atomic E-state index is 0.0784. The maximum absolute atomic E-state index is 12.4. The van der Waals surface area contributed by atoms with Crippen LogP contribution in [0.15, 0.2) is 18.2 Å². The van der Waals surface area contributed by atoms with E-state index < -0.39 is 30.9 Å². The third kappa shape index (κ3) is 3.41. The van der Waals surface area contributed by atoms with Crippen molar-refractivity contribution in [2.75, 3.05) is 26.3 Å². The number of carbonyl (C=O) groups is 3. The van der Waals surface area contributed by atoms with Crippen LogP contribution in [-0.2, 0) is 9.59 Å². The summed E-state index contributed by atoms with van der Waals surface area (Å²) in [6.07, 6.45) is 0. The van der Waals surface area contributed by atoms with E-state index in [-0.39, 0.29) is 17.9 Å². The number of carbonyl (C=O) groups excluding carboxylic acids is 1. The number of amides is 1. The first-order valence-corrected chi connectivity index (χ1v) is 6.10. The molecule has 0 radical (unpaired) electrons. The molecule has 0 atom stereocenters. The summed E-state index contributed by atoms with van der Waals surface area (Å²) in [5.41, 5.74) is 0.0784. The van der Waals surface area contributed by atoms with Crippen molar-refractivity contribution in [1.29, 1.82) is 0 Å². The Morgan fingerprint density at radius 2 is 1.67 bits per heavy atom. The van der Waals surface area contributed by atoms with Crippen LogP contribution >= 0.6 is 0 Å². The van der Waals surface area contributed by atoms with Crippen molar-refractivity contribution in [2.24, 2.45) is 0 Å². The summed E-state index contributed by atoms with van der Waals surface area (Å²) in [5.74, 6) is -2.76. The molecule has 21 heavy (non-hydrogen) atoms. The van der Waals surface area contributed by atoms with Crippen LogP contribution in [0.1, 0.15) is 10.4 Å². The first-order valence-electron chi connectivity index (χ1n) is 6.10. The van der Waals surface area contributed by atoms with Gasteiger partial charge in [0.2, 0.25) is 0 Å². The number of benzene rings is 1. The molecule has 0 bridgehead atoms. The largest absolute Gasteiger partial charge is 0.486 e. The Morgan fingerprint density at radius 3 is 2.29 bits per heavy atom. The van der Waals surface area contributed by atoms with Crippen LogP contribution in [0.4, 0.5) is 0 Å². The van der Waals surface area contributed by atoms with E-state index in [4.69, 9.17) is 19.7 Å².